The van der Waals surface area contributed by atoms with Crippen LogP contribution in [0.3, 0.4) is 0 Å². The van der Waals surface area contributed by atoms with E-state index in [1.807, 2.05) is 13.8 Å². The quantitative estimate of drug-likeness (QED) is 0.941. The summed E-state index contributed by atoms with van der Waals surface area (Å²) in [5, 5.41) is 13.0. The van der Waals surface area contributed by atoms with E-state index in [4.69, 9.17) is 9.63 Å². The molecule has 1 aliphatic rings. The van der Waals surface area contributed by atoms with Crippen molar-refractivity contribution in [1.82, 2.24) is 5.16 Å². The summed E-state index contributed by atoms with van der Waals surface area (Å²) >= 11 is 0. The number of benzene rings is 1. The predicted molar refractivity (Wildman–Crippen MR) is 79.1 cm³/mol. The molecule has 3 rings (SSSR count). The fourth-order valence-electron chi connectivity index (χ4n) is 2.91. The van der Waals surface area contributed by atoms with Crippen molar-refractivity contribution in [2.24, 2.45) is 5.41 Å². The third-order valence-electron chi connectivity index (χ3n) is 3.96. The monoisotopic (exact) mass is 299 g/mol. The summed E-state index contributed by atoms with van der Waals surface area (Å²) in [7, 11) is 0. The number of fused-ring (bicyclic) bond motifs is 1. The molecule has 1 N–H and O–H groups in total. The van der Waals surface area contributed by atoms with E-state index in [9.17, 15) is 9.59 Å². The van der Waals surface area contributed by atoms with Crippen LogP contribution < -0.4 is 0 Å². The molecule has 0 saturated carbocycles. The lowest BCUT2D eigenvalue weighted by Gasteiger charge is -2.26. The van der Waals surface area contributed by atoms with Gasteiger partial charge in [0.15, 0.2) is 11.5 Å². The maximum Gasteiger partial charge on any atom is 0.335 e. The molecule has 5 heteroatoms. The second-order valence-electron chi connectivity index (χ2n) is 6.55. The van der Waals surface area contributed by atoms with Gasteiger partial charge in [0.05, 0.1) is 16.8 Å². The lowest BCUT2D eigenvalue weighted by atomic mass is 9.75. The number of carbonyl (C=O) groups is 2. The Morgan fingerprint density at radius 3 is 2.59 bits per heavy atom. The van der Waals surface area contributed by atoms with Crippen LogP contribution in [0.5, 0.6) is 0 Å². The van der Waals surface area contributed by atoms with Gasteiger partial charge in [-0.2, -0.15) is 0 Å². The first kappa shape index (κ1) is 14.5. The number of hydrogen-bond acceptors (Lipinski definition) is 4. The number of carboxylic acid groups (broad SMARTS) is 1. The van der Waals surface area contributed by atoms with Gasteiger partial charge in [0, 0.05) is 12.8 Å². The number of aromatic carboxylic acids is 1. The standard InChI is InChI=1S/C17H17NO4/c1-17(2)8-12-15(13(19)9-17)14(22-18-12)7-10-3-5-11(6-4-10)16(20)21/h3-6H,7-9H2,1-2H3,(H,20,21). The molecule has 0 atom stereocenters. The van der Waals surface area contributed by atoms with Crippen molar-refractivity contribution in [2.45, 2.75) is 33.1 Å². The highest BCUT2D eigenvalue weighted by Gasteiger charge is 2.35. The molecule has 0 radical (unpaired) electrons. The molecular formula is C17H17NO4. The Kier molecular flexibility index (Phi) is 3.35. The molecule has 22 heavy (non-hydrogen) atoms. The molecule has 0 saturated heterocycles. The average Bonchev–Trinajstić information content (AvgIpc) is 2.80. The van der Waals surface area contributed by atoms with Crippen molar-refractivity contribution < 1.29 is 19.2 Å². The fraction of sp³-hybridized carbons (Fsp3) is 0.353. The number of ketones is 1. The van der Waals surface area contributed by atoms with Crippen LogP contribution in [-0.2, 0) is 12.8 Å². The molecule has 0 aliphatic heterocycles. The Labute approximate surface area is 127 Å². The lowest BCUT2D eigenvalue weighted by Crippen LogP contribution is -2.27. The number of Topliss-reactive ketones (excluding diaryl/α,β-unsaturated/α-hetero) is 1. The topological polar surface area (TPSA) is 80.4 Å². The molecule has 1 aromatic heterocycles. The molecule has 0 amide bonds. The third kappa shape index (κ3) is 2.66. The molecule has 2 aromatic rings. The number of aromatic nitrogens is 1. The van der Waals surface area contributed by atoms with Crippen LogP contribution in [0.15, 0.2) is 28.8 Å². The molecule has 1 heterocycles. The minimum absolute atomic E-state index is 0.0738. The SMILES string of the molecule is CC1(C)CC(=O)c2c(noc2Cc2ccc(C(=O)O)cc2)C1. The van der Waals surface area contributed by atoms with E-state index in [2.05, 4.69) is 5.16 Å². The summed E-state index contributed by atoms with van der Waals surface area (Å²) < 4.78 is 5.38. The summed E-state index contributed by atoms with van der Waals surface area (Å²) in [5.74, 6) is -0.316. The Bertz CT molecular complexity index is 741. The van der Waals surface area contributed by atoms with Crippen molar-refractivity contribution in [3.8, 4) is 0 Å². The Morgan fingerprint density at radius 1 is 1.27 bits per heavy atom. The van der Waals surface area contributed by atoms with Gasteiger partial charge >= 0.3 is 5.97 Å². The largest absolute Gasteiger partial charge is 0.478 e. The molecule has 5 nitrogen and oxygen atoms in total. The highest BCUT2D eigenvalue weighted by molar-refractivity contribution is 5.99. The second-order valence-corrected chi connectivity index (χ2v) is 6.55. The first-order valence-corrected chi connectivity index (χ1v) is 7.18. The summed E-state index contributed by atoms with van der Waals surface area (Å²) in [6, 6.07) is 6.56. The van der Waals surface area contributed by atoms with E-state index in [0.717, 1.165) is 17.7 Å². The zero-order chi connectivity index (χ0) is 15.9. The smallest absolute Gasteiger partial charge is 0.335 e. The maximum absolute atomic E-state index is 12.3. The Balaban J connectivity index is 1.87. The van der Waals surface area contributed by atoms with E-state index in [-0.39, 0.29) is 16.8 Å². The minimum atomic E-state index is -0.957. The summed E-state index contributed by atoms with van der Waals surface area (Å²) in [5.41, 5.74) is 2.39. The molecule has 0 fully saturated rings. The number of rotatable bonds is 3. The molecule has 0 spiro atoms. The van der Waals surface area contributed by atoms with Gasteiger partial charge in [0.1, 0.15) is 0 Å². The van der Waals surface area contributed by atoms with Crippen LogP contribution in [0, 0.1) is 5.41 Å². The lowest BCUT2D eigenvalue weighted by molar-refractivity contribution is 0.0696. The van der Waals surface area contributed by atoms with E-state index in [1.54, 1.807) is 24.3 Å². The van der Waals surface area contributed by atoms with Gasteiger partial charge in [-0.15, -0.1) is 0 Å². The van der Waals surface area contributed by atoms with Crippen molar-refractivity contribution >= 4 is 11.8 Å². The zero-order valence-electron chi connectivity index (χ0n) is 12.5. The summed E-state index contributed by atoms with van der Waals surface area (Å²) in [6.45, 7) is 4.10. The maximum atomic E-state index is 12.3. The van der Waals surface area contributed by atoms with Gasteiger partial charge in [0.2, 0.25) is 0 Å². The van der Waals surface area contributed by atoms with E-state index in [0.29, 0.717) is 24.2 Å². The fourth-order valence-corrected chi connectivity index (χ4v) is 2.91. The Morgan fingerprint density at radius 2 is 1.95 bits per heavy atom. The van der Waals surface area contributed by atoms with Crippen LogP contribution in [0.1, 0.15) is 58.0 Å². The summed E-state index contributed by atoms with van der Waals surface area (Å²) in [6.07, 6.45) is 1.66. The molecule has 1 aromatic carbocycles. The van der Waals surface area contributed by atoms with Crippen molar-refractivity contribution in [2.75, 3.05) is 0 Å². The number of carbonyl (C=O) groups excluding carboxylic acids is 1. The Hall–Kier alpha value is -2.43. The van der Waals surface area contributed by atoms with Gasteiger partial charge in [-0.3, -0.25) is 4.79 Å². The molecule has 0 bridgehead atoms. The van der Waals surface area contributed by atoms with Crippen LogP contribution in [0.4, 0.5) is 0 Å². The van der Waals surface area contributed by atoms with Crippen molar-refractivity contribution in [3.63, 3.8) is 0 Å². The minimum Gasteiger partial charge on any atom is -0.478 e. The molecule has 1 aliphatic carbocycles. The van der Waals surface area contributed by atoms with Gasteiger partial charge < -0.3 is 9.63 Å². The van der Waals surface area contributed by atoms with Crippen molar-refractivity contribution in [1.29, 1.82) is 0 Å². The average molecular weight is 299 g/mol. The van der Waals surface area contributed by atoms with E-state index >= 15 is 0 Å². The zero-order valence-corrected chi connectivity index (χ0v) is 12.5. The van der Waals surface area contributed by atoms with Crippen LogP contribution in [-0.4, -0.2) is 22.0 Å². The van der Waals surface area contributed by atoms with Crippen LogP contribution >= 0.6 is 0 Å². The number of carboxylic acids is 1. The van der Waals surface area contributed by atoms with E-state index in [1.165, 1.54) is 0 Å². The molecule has 114 valence electrons. The summed E-state index contributed by atoms with van der Waals surface area (Å²) in [4.78, 5) is 23.2. The van der Waals surface area contributed by atoms with Crippen molar-refractivity contribution in [3.05, 3.63) is 52.4 Å². The first-order valence-electron chi connectivity index (χ1n) is 7.18. The van der Waals surface area contributed by atoms with Gasteiger partial charge in [-0.05, 0) is 29.5 Å². The molecular weight excluding hydrogens is 282 g/mol. The second kappa shape index (κ2) is 5.09. The van der Waals surface area contributed by atoms with Crippen LogP contribution in [0.2, 0.25) is 0 Å². The predicted octanol–water partition coefficient (Wildman–Crippen LogP) is 3.12. The highest BCUT2D eigenvalue weighted by atomic mass is 16.5. The highest BCUT2D eigenvalue weighted by Crippen LogP contribution is 2.36. The number of hydrogen-bond donors (Lipinski definition) is 1. The van der Waals surface area contributed by atoms with Crippen LogP contribution in [0.25, 0.3) is 0 Å². The van der Waals surface area contributed by atoms with Gasteiger partial charge in [-0.25, -0.2) is 4.79 Å². The van der Waals surface area contributed by atoms with Gasteiger partial charge in [-0.1, -0.05) is 31.1 Å². The number of nitrogens with zero attached hydrogens (tertiary/aromatic N) is 1. The van der Waals surface area contributed by atoms with E-state index < -0.39 is 5.97 Å². The van der Waals surface area contributed by atoms with Gasteiger partial charge in [0.25, 0.3) is 0 Å². The first-order chi connectivity index (χ1) is 10.4. The molecule has 0 unspecified atom stereocenters. The normalized spacial score (nSPS) is 16.4. The third-order valence-corrected chi connectivity index (χ3v) is 3.96.